The van der Waals surface area contributed by atoms with Gasteiger partial charge in [-0.15, -0.1) is 0 Å². The molecule has 2 aliphatic rings. The standard InChI is InChI=1S/C13H15NO3/c1-13(16)7-9(15)10-11(14-17-12(10)13)8-5-3-2-4-6-8/h2-6,9-10,12,15-16H,7H2,1H3/t9-,10+,12-,13+/m0/s1. The van der Waals surface area contributed by atoms with E-state index in [4.69, 9.17) is 4.84 Å². The quantitative estimate of drug-likeness (QED) is 0.758. The molecule has 0 spiro atoms. The summed E-state index contributed by atoms with van der Waals surface area (Å²) in [6.07, 6.45) is -0.710. The number of aliphatic hydroxyl groups excluding tert-OH is 1. The Balaban J connectivity index is 1.96. The molecule has 17 heavy (non-hydrogen) atoms. The number of oxime groups is 1. The maximum Gasteiger partial charge on any atom is 0.166 e. The highest BCUT2D eigenvalue weighted by molar-refractivity contribution is 6.03. The molecule has 1 fully saturated rings. The van der Waals surface area contributed by atoms with Crippen molar-refractivity contribution >= 4 is 5.71 Å². The van der Waals surface area contributed by atoms with Gasteiger partial charge >= 0.3 is 0 Å². The maximum atomic E-state index is 10.1. The van der Waals surface area contributed by atoms with Gasteiger partial charge in [-0.25, -0.2) is 0 Å². The van der Waals surface area contributed by atoms with Crippen molar-refractivity contribution < 1.29 is 15.1 Å². The van der Waals surface area contributed by atoms with E-state index in [1.165, 1.54) is 0 Å². The van der Waals surface area contributed by atoms with Crippen LogP contribution in [0.4, 0.5) is 0 Å². The molecule has 3 rings (SSSR count). The summed E-state index contributed by atoms with van der Waals surface area (Å²) < 4.78 is 0. The number of fused-ring (bicyclic) bond motifs is 1. The molecule has 0 radical (unpaired) electrons. The third-order valence-corrected chi connectivity index (χ3v) is 3.63. The fourth-order valence-corrected chi connectivity index (χ4v) is 2.79. The van der Waals surface area contributed by atoms with E-state index in [2.05, 4.69) is 5.16 Å². The van der Waals surface area contributed by atoms with Gasteiger partial charge in [-0.1, -0.05) is 35.5 Å². The van der Waals surface area contributed by atoms with Crippen LogP contribution in [0.1, 0.15) is 18.9 Å². The fourth-order valence-electron chi connectivity index (χ4n) is 2.79. The largest absolute Gasteiger partial charge is 0.392 e. The van der Waals surface area contributed by atoms with Crippen LogP contribution < -0.4 is 0 Å². The minimum atomic E-state index is -1.01. The van der Waals surface area contributed by atoms with Crippen LogP contribution in [-0.2, 0) is 4.84 Å². The van der Waals surface area contributed by atoms with Crippen molar-refractivity contribution in [3.63, 3.8) is 0 Å². The van der Waals surface area contributed by atoms with E-state index < -0.39 is 17.8 Å². The van der Waals surface area contributed by atoms with Crippen molar-refractivity contribution in [2.75, 3.05) is 0 Å². The summed E-state index contributed by atoms with van der Waals surface area (Å²) in [6, 6.07) is 9.64. The van der Waals surface area contributed by atoms with Gasteiger partial charge in [-0.2, -0.15) is 0 Å². The Hall–Kier alpha value is -1.39. The molecule has 4 heteroatoms. The first kappa shape index (κ1) is 10.7. The summed E-state index contributed by atoms with van der Waals surface area (Å²) in [6.45, 7) is 1.68. The molecule has 1 aliphatic heterocycles. The van der Waals surface area contributed by atoms with Crippen molar-refractivity contribution in [1.29, 1.82) is 0 Å². The van der Waals surface area contributed by atoms with E-state index >= 15 is 0 Å². The monoisotopic (exact) mass is 233 g/mol. The third-order valence-electron chi connectivity index (χ3n) is 3.63. The number of nitrogens with zero attached hydrogens (tertiary/aromatic N) is 1. The highest BCUT2D eigenvalue weighted by Gasteiger charge is 2.56. The molecule has 90 valence electrons. The van der Waals surface area contributed by atoms with Crippen LogP contribution in [0.5, 0.6) is 0 Å². The molecule has 0 aromatic heterocycles. The fraction of sp³-hybridized carbons (Fsp3) is 0.462. The smallest absolute Gasteiger partial charge is 0.166 e. The first-order valence-electron chi connectivity index (χ1n) is 5.79. The molecule has 4 nitrogen and oxygen atoms in total. The number of hydrogen-bond donors (Lipinski definition) is 2. The summed E-state index contributed by atoms with van der Waals surface area (Å²) in [7, 11) is 0. The summed E-state index contributed by atoms with van der Waals surface area (Å²) in [5.41, 5.74) is 0.669. The average molecular weight is 233 g/mol. The normalized spacial score (nSPS) is 39.7. The Morgan fingerprint density at radius 2 is 2.06 bits per heavy atom. The van der Waals surface area contributed by atoms with Crippen LogP contribution in [0.3, 0.4) is 0 Å². The van der Waals surface area contributed by atoms with Crippen LogP contribution in [0.25, 0.3) is 0 Å². The highest BCUT2D eigenvalue weighted by Crippen LogP contribution is 2.42. The van der Waals surface area contributed by atoms with Gasteiger partial charge in [0, 0.05) is 6.42 Å². The third kappa shape index (κ3) is 1.56. The minimum Gasteiger partial charge on any atom is -0.392 e. The van der Waals surface area contributed by atoms with Gasteiger partial charge in [0.1, 0.15) is 5.60 Å². The number of rotatable bonds is 1. The van der Waals surface area contributed by atoms with Gasteiger partial charge in [0.2, 0.25) is 0 Å². The van der Waals surface area contributed by atoms with Crippen LogP contribution in [0.15, 0.2) is 35.5 Å². The molecule has 0 amide bonds. The zero-order valence-corrected chi connectivity index (χ0v) is 9.58. The molecule has 4 atom stereocenters. The molecule has 1 aliphatic carbocycles. The summed E-state index contributed by atoms with van der Waals surface area (Å²) in [5, 5.41) is 24.2. The van der Waals surface area contributed by atoms with Crippen LogP contribution in [-0.4, -0.2) is 33.7 Å². The maximum absolute atomic E-state index is 10.1. The van der Waals surface area contributed by atoms with E-state index in [1.807, 2.05) is 30.3 Å². The zero-order chi connectivity index (χ0) is 12.0. The zero-order valence-electron chi connectivity index (χ0n) is 9.58. The van der Waals surface area contributed by atoms with E-state index in [9.17, 15) is 10.2 Å². The molecule has 0 bridgehead atoms. The van der Waals surface area contributed by atoms with Gasteiger partial charge in [0.25, 0.3) is 0 Å². The first-order chi connectivity index (χ1) is 8.09. The summed E-state index contributed by atoms with van der Waals surface area (Å²) in [5.74, 6) is -0.229. The predicted molar refractivity (Wildman–Crippen MR) is 62.6 cm³/mol. The molecule has 1 saturated carbocycles. The Labute approximate surface area is 99.5 Å². The lowest BCUT2D eigenvalue weighted by atomic mass is 9.91. The van der Waals surface area contributed by atoms with Crippen molar-refractivity contribution in [1.82, 2.24) is 0 Å². The molecule has 1 heterocycles. The highest BCUT2D eigenvalue weighted by atomic mass is 16.7. The Morgan fingerprint density at radius 3 is 2.76 bits per heavy atom. The number of hydrogen-bond acceptors (Lipinski definition) is 4. The van der Waals surface area contributed by atoms with Crippen LogP contribution in [0.2, 0.25) is 0 Å². The SMILES string of the molecule is C[C@@]1(O)C[C@H](O)[C@@H]2C(c3ccccc3)=NO[C@@H]21. The van der Waals surface area contributed by atoms with Crippen LogP contribution in [0, 0.1) is 5.92 Å². The topological polar surface area (TPSA) is 62.0 Å². The summed E-state index contributed by atoms with van der Waals surface area (Å²) >= 11 is 0. The number of aliphatic hydroxyl groups is 2. The van der Waals surface area contributed by atoms with Gasteiger partial charge in [-0.05, 0) is 12.5 Å². The lowest BCUT2D eigenvalue weighted by Crippen LogP contribution is -2.37. The van der Waals surface area contributed by atoms with E-state index in [-0.39, 0.29) is 5.92 Å². The predicted octanol–water partition coefficient (Wildman–Crippen LogP) is 0.921. The molecular formula is C13H15NO3. The molecule has 0 saturated heterocycles. The van der Waals surface area contributed by atoms with Crippen molar-refractivity contribution in [2.45, 2.75) is 31.2 Å². The second kappa shape index (κ2) is 3.55. The van der Waals surface area contributed by atoms with E-state index in [0.717, 1.165) is 11.3 Å². The molecular weight excluding hydrogens is 218 g/mol. The lowest BCUT2D eigenvalue weighted by molar-refractivity contribution is -0.0738. The minimum absolute atomic E-state index is 0.229. The molecule has 1 aromatic carbocycles. The molecule has 0 unspecified atom stereocenters. The van der Waals surface area contributed by atoms with E-state index in [1.54, 1.807) is 6.92 Å². The lowest BCUT2D eigenvalue weighted by Gasteiger charge is -2.21. The van der Waals surface area contributed by atoms with Gasteiger partial charge in [-0.3, -0.25) is 0 Å². The second-order valence-corrected chi connectivity index (χ2v) is 5.02. The van der Waals surface area contributed by atoms with Crippen molar-refractivity contribution in [3.05, 3.63) is 35.9 Å². The van der Waals surface area contributed by atoms with Crippen molar-refractivity contribution in [2.24, 2.45) is 11.1 Å². The Morgan fingerprint density at radius 1 is 1.35 bits per heavy atom. The molecule has 1 aromatic rings. The average Bonchev–Trinajstić information content (AvgIpc) is 2.82. The Bertz CT molecular complexity index is 455. The summed E-state index contributed by atoms with van der Waals surface area (Å²) in [4.78, 5) is 5.31. The van der Waals surface area contributed by atoms with Gasteiger partial charge in [0.15, 0.2) is 6.10 Å². The first-order valence-corrected chi connectivity index (χ1v) is 5.79. The van der Waals surface area contributed by atoms with Gasteiger partial charge < -0.3 is 15.1 Å². The van der Waals surface area contributed by atoms with Crippen LogP contribution >= 0.6 is 0 Å². The Kier molecular flexibility index (Phi) is 2.24. The second-order valence-electron chi connectivity index (χ2n) is 5.02. The van der Waals surface area contributed by atoms with Gasteiger partial charge in [0.05, 0.1) is 17.7 Å². The van der Waals surface area contributed by atoms with Crippen molar-refractivity contribution in [3.8, 4) is 0 Å². The van der Waals surface area contributed by atoms with E-state index in [0.29, 0.717) is 6.42 Å². The molecule has 2 N–H and O–H groups in total. The number of benzene rings is 1.